The van der Waals surface area contributed by atoms with Crippen molar-refractivity contribution >= 4 is 0 Å². The SMILES string of the molecule is FC1(F)c2cc(-c3ccccc3)ccc2-c2ccc(-c3ccccc3)cc21. The van der Waals surface area contributed by atoms with Gasteiger partial charge in [0.1, 0.15) is 0 Å². The number of rotatable bonds is 2. The van der Waals surface area contributed by atoms with Crippen LogP contribution in [0.1, 0.15) is 11.1 Å². The van der Waals surface area contributed by atoms with E-state index in [9.17, 15) is 0 Å². The van der Waals surface area contributed by atoms with Gasteiger partial charge in [-0.1, -0.05) is 84.9 Å². The van der Waals surface area contributed by atoms with Crippen LogP contribution in [0.15, 0.2) is 97.1 Å². The van der Waals surface area contributed by atoms with Gasteiger partial charge in [-0.05, 0) is 45.5 Å². The predicted octanol–water partition coefficient (Wildman–Crippen LogP) is 7.14. The molecule has 2 heteroatoms. The van der Waals surface area contributed by atoms with E-state index in [2.05, 4.69) is 0 Å². The van der Waals surface area contributed by atoms with E-state index in [0.29, 0.717) is 11.1 Å². The number of fused-ring (bicyclic) bond motifs is 3. The van der Waals surface area contributed by atoms with Gasteiger partial charge in [-0.15, -0.1) is 0 Å². The molecule has 0 bridgehead atoms. The molecule has 0 radical (unpaired) electrons. The molecule has 130 valence electrons. The highest BCUT2D eigenvalue weighted by Gasteiger charge is 2.44. The van der Waals surface area contributed by atoms with Crippen molar-refractivity contribution in [2.24, 2.45) is 0 Å². The molecule has 4 aromatic rings. The molecule has 0 heterocycles. The minimum atomic E-state index is -3.00. The third-order valence-electron chi connectivity index (χ3n) is 5.22. The Hall–Kier alpha value is -3.26. The standard InChI is InChI=1S/C25H16F2/c26-25(27)23-15-19(17-7-3-1-4-8-17)11-13-21(23)22-14-12-20(16-24(22)25)18-9-5-2-6-10-18/h1-16H. The molecule has 5 rings (SSSR count). The summed E-state index contributed by atoms with van der Waals surface area (Å²) >= 11 is 0. The van der Waals surface area contributed by atoms with Crippen LogP contribution in [0.5, 0.6) is 0 Å². The van der Waals surface area contributed by atoms with Gasteiger partial charge < -0.3 is 0 Å². The van der Waals surface area contributed by atoms with Crippen molar-refractivity contribution in [2.75, 3.05) is 0 Å². The molecule has 0 amide bonds. The van der Waals surface area contributed by atoms with E-state index in [0.717, 1.165) is 22.3 Å². The molecule has 1 aliphatic rings. The van der Waals surface area contributed by atoms with Crippen LogP contribution in [0.25, 0.3) is 33.4 Å². The average molecular weight is 354 g/mol. The maximum atomic E-state index is 15.3. The molecule has 0 atom stereocenters. The van der Waals surface area contributed by atoms with Crippen LogP contribution in [0.4, 0.5) is 8.78 Å². The van der Waals surface area contributed by atoms with Crippen molar-refractivity contribution in [1.82, 2.24) is 0 Å². The Morgan fingerprint density at radius 2 is 0.852 bits per heavy atom. The fourth-order valence-corrected chi connectivity index (χ4v) is 3.84. The van der Waals surface area contributed by atoms with Gasteiger partial charge in [0.15, 0.2) is 0 Å². The Labute approximate surface area is 156 Å². The third kappa shape index (κ3) is 2.48. The van der Waals surface area contributed by atoms with Crippen LogP contribution in [0.2, 0.25) is 0 Å². The maximum absolute atomic E-state index is 15.3. The van der Waals surface area contributed by atoms with Gasteiger partial charge in [0.2, 0.25) is 0 Å². The first-order chi connectivity index (χ1) is 13.1. The Kier molecular flexibility index (Phi) is 3.48. The molecule has 4 aromatic carbocycles. The summed E-state index contributed by atoms with van der Waals surface area (Å²) < 4.78 is 30.6. The lowest BCUT2D eigenvalue weighted by Gasteiger charge is -2.14. The second-order valence-corrected chi connectivity index (χ2v) is 6.83. The number of alkyl halides is 2. The zero-order valence-electron chi connectivity index (χ0n) is 14.5. The quantitative estimate of drug-likeness (QED) is 0.359. The largest absolute Gasteiger partial charge is 0.299 e. The Morgan fingerprint density at radius 3 is 1.26 bits per heavy atom. The van der Waals surface area contributed by atoms with Crippen molar-refractivity contribution in [1.29, 1.82) is 0 Å². The lowest BCUT2D eigenvalue weighted by molar-refractivity contribution is 0.0481. The number of benzene rings is 4. The van der Waals surface area contributed by atoms with Crippen LogP contribution in [-0.2, 0) is 5.92 Å². The van der Waals surface area contributed by atoms with E-state index < -0.39 is 5.92 Å². The Morgan fingerprint density at radius 1 is 0.444 bits per heavy atom. The van der Waals surface area contributed by atoms with Gasteiger partial charge in [-0.2, -0.15) is 8.78 Å². The number of hydrogen-bond acceptors (Lipinski definition) is 0. The first-order valence-corrected chi connectivity index (χ1v) is 8.93. The van der Waals surface area contributed by atoms with Gasteiger partial charge in [0.05, 0.1) is 0 Å². The summed E-state index contributed by atoms with van der Waals surface area (Å²) in [5.41, 5.74) is 4.92. The zero-order chi connectivity index (χ0) is 18.4. The Bertz CT molecular complexity index is 1040. The van der Waals surface area contributed by atoms with Gasteiger partial charge in [-0.25, -0.2) is 0 Å². The van der Waals surface area contributed by atoms with E-state index in [1.165, 1.54) is 0 Å². The van der Waals surface area contributed by atoms with Crippen molar-refractivity contribution in [3.63, 3.8) is 0 Å². The lowest BCUT2D eigenvalue weighted by Crippen LogP contribution is -2.11. The van der Waals surface area contributed by atoms with E-state index in [1.54, 1.807) is 12.1 Å². The smallest absolute Gasteiger partial charge is 0.196 e. The van der Waals surface area contributed by atoms with Crippen LogP contribution in [0.3, 0.4) is 0 Å². The zero-order valence-corrected chi connectivity index (χ0v) is 14.5. The minimum Gasteiger partial charge on any atom is -0.196 e. The third-order valence-corrected chi connectivity index (χ3v) is 5.22. The molecule has 0 saturated carbocycles. The summed E-state index contributed by atoms with van der Waals surface area (Å²) in [5.74, 6) is -3.00. The highest BCUT2D eigenvalue weighted by atomic mass is 19.3. The summed E-state index contributed by atoms with van der Waals surface area (Å²) in [6.07, 6.45) is 0. The van der Waals surface area contributed by atoms with Crippen molar-refractivity contribution in [3.8, 4) is 33.4 Å². The summed E-state index contributed by atoms with van der Waals surface area (Å²) in [6.45, 7) is 0. The first-order valence-electron chi connectivity index (χ1n) is 8.93. The monoisotopic (exact) mass is 354 g/mol. The summed E-state index contributed by atoms with van der Waals surface area (Å²) in [5, 5.41) is 0. The van der Waals surface area contributed by atoms with Gasteiger partial charge in [-0.3, -0.25) is 0 Å². The molecule has 0 N–H and O–H groups in total. The molecular formula is C25H16F2. The number of hydrogen-bond donors (Lipinski definition) is 0. The molecule has 0 aliphatic heterocycles. The van der Waals surface area contributed by atoms with Gasteiger partial charge in [0, 0.05) is 11.1 Å². The minimum absolute atomic E-state index is 0.0871. The normalized spacial score (nSPS) is 13.9. The number of halogens is 2. The van der Waals surface area contributed by atoms with Crippen LogP contribution >= 0.6 is 0 Å². The van der Waals surface area contributed by atoms with Crippen LogP contribution in [-0.4, -0.2) is 0 Å². The Balaban J connectivity index is 1.65. The lowest BCUT2D eigenvalue weighted by atomic mass is 9.98. The topological polar surface area (TPSA) is 0 Å². The fraction of sp³-hybridized carbons (Fsp3) is 0.0400. The fourth-order valence-electron chi connectivity index (χ4n) is 3.84. The van der Waals surface area contributed by atoms with E-state index in [4.69, 9.17) is 0 Å². The van der Waals surface area contributed by atoms with E-state index >= 15 is 8.78 Å². The summed E-state index contributed by atoms with van der Waals surface area (Å²) in [7, 11) is 0. The second-order valence-electron chi connectivity index (χ2n) is 6.83. The molecule has 0 unspecified atom stereocenters. The van der Waals surface area contributed by atoms with Crippen molar-refractivity contribution < 1.29 is 8.78 Å². The van der Waals surface area contributed by atoms with Crippen LogP contribution in [0, 0.1) is 0 Å². The van der Waals surface area contributed by atoms with Crippen LogP contribution < -0.4 is 0 Å². The second kappa shape index (κ2) is 5.88. The molecule has 0 spiro atoms. The molecule has 0 nitrogen and oxygen atoms in total. The highest BCUT2D eigenvalue weighted by Crippen LogP contribution is 2.52. The average Bonchev–Trinajstić information content (AvgIpc) is 2.96. The molecule has 0 aromatic heterocycles. The predicted molar refractivity (Wildman–Crippen MR) is 106 cm³/mol. The summed E-state index contributed by atoms with van der Waals surface area (Å²) in [6, 6.07) is 30.0. The van der Waals surface area contributed by atoms with E-state index in [1.807, 2.05) is 84.9 Å². The molecular weight excluding hydrogens is 338 g/mol. The molecule has 0 fully saturated rings. The van der Waals surface area contributed by atoms with Gasteiger partial charge in [0.25, 0.3) is 5.92 Å². The van der Waals surface area contributed by atoms with Crippen molar-refractivity contribution in [2.45, 2.75) is 5.92 Å². The molecule has 0 saturated heterocycles. The van der Waals surface area contributed by atoms with Crippen molar-refractivity contribution in [3.05, 3.63) is 108 Å². The van der Waals surface area contributed by atoms with Gasteiger partial charge >= 0.3 is 0 Å². The highest BCUT2D eigenvalue weighted by molar-refractivity contribution is 5.84. The maximum Gasteiger partial charge on any atom is 0.299 e. The molecule has 1 aliphatic carbocycles. The van der Waals surface area contributed by atoms with E-state index in [-0.39, 0.29) is 11.1 Å². The first kappa shape index (κ1) is 16.0. The molecule has 27 heavy (non-hydrogen) atoms. The summed E-state index contributed by atoms with van der Waals surface area (Å²) in [4.78, 5) is 0.